The van der Waals surface area contributed by atoms with Gasteiger partial charge in [-0.25, -0.2) is 0 Å². The average molecular weight is 255 g/mol. The number of hydrogen-bond donors (Lipinski definition) is 3. The van der Waals surface area contributed by atoms with Crippen molar-refractivity contribution in [1.29, 1.82) is 0 Å². The molecule has 18 heavy (non-hydrogen) atoms. The Hall–Kier alpha value is -1.26. The minimum Gasteiger partial charge on any atom is -0.409 e. The standard InChI is InChI=1S/C13H25N3O2/c1-3-11(10-7-5-4-6-8-10)15-13(17)9(2)12(14)16-18/h9-11,18H,3-8H2,1-2H3,(H2,14,16)(H,15,17). The Labute approximate surface area is 109 Å². The number of hydrogen-bond acceptors (Lipinski definition) is 3. The third kappa shape index (κ3) is 3.89. The lowest BCUT2D eigenvalue weighted by molar-refractivity contribution is -0.123. The van der Waals surface area contributed by atoms with E-state index in [9.17, 15) is 4.79 Å². The maximum Gasteiger partial charge on any atom is 0.230 e. The predicted molar refractivity (Wildman–Crippen MR) is 71.4 cm³/mol. The predicted octanol–water partition coefficient (Wildman–Crippen LogP) is 1.84. The van der Waals surface area contributed by atoms with Gasteiger partial charge in [-0.3, -0.25) is 4.79 Å². The summed E-state index contributed by atoms with van der Waals surface area (Å²) < 4.78 is 0. The molecule has 5 nitrogen and oxygen atoms in total. The molecule has 0 saturated heterocycles. The van der Waals surface area contributed by atoms with E-state index in [1.807, 2.05) is 0 Å². The van der Waals surface area contributed by atoms with Crippen LogP contribution in [0.15, 0.2) is 5.16 Å². The van der Waals surface area contributed by atoms with Gasteiger partial charge in [0.2, 0.25) is 5.91 Å². The molecule has 0 radical (unpaired) electrons. The maximum absolute atomic E-state index is 12.0. The van der Waals surface area contributed by atoms with Crippen LogP contribution < -0.4 is 11.1 Å². The summed E-state index contributed by atoms with van der Waals surface area (Å²) in [5.74, 6) is -0.187. The summed E-state index contributed by atoms with van der Waals surface area (Å²) >= 11 is 0. The summed E-state index contributed by atoms with van der Waals surface area (Å²) in [6.45, 7) is 3.74. The van der Waals surface area contributed by atoms with Crippen molar-refractivity contribution in [2.24, 2.45) is 22.7 Å². The first-order chi connectivity index (χ1) is 8.60. The monoisotopic (exact) mass is 255 g/mol. The molecule has 1 fully saturated rings. The van der Waals surface area contributed by atoms with E-state index in [-0.39, 0.29) is 17.8 Å². The molecule has 5 heteroatoms. The molecule has 0 heterocycles. The zero-order chi connectivity index (χ0) is 13.5. The van der Waals surface area contributed by atoms with Crippen LogP contribution in [0.25, 0.3) is 0 Å². The molecule has 2 unspecified atom stereocenters. The molecule has 1 saturated carbocycles. The van der Waals surface area contributed by atoms with Gasteiger partial charge in [-0.2, -0.15) is 0 Å². The highest BCUT2D eigenvalue weighted by molar-refractivity contribution is 6.01. The normalized spacial score (nSPS) is 21.3. The van der Waals surface area contributed by atoms with E-state index in [2.05, 4.69) is 17.4 Å². The van der Waals surface area contributed by atoms with Crippen LogP contribution in [0.1, 0.15) is 52.4 Å². The third-order valence-electron chi connectivity index (χ3n) is 3.94. The summed E-state index contributed by atoms with van der Waals surface area (Å²) in [5, 5.41) is 14.5. The molecule has 0 spiro atoms. The SMILES string of the molecule is CCC(NC(=O)C(C)C(N)=NO)C1CCCCC1. The Morgan fingerprint density at radius 3 is 2.56 bits per heavy atom. The molecule has 0 aromatic heterocycles. The van der Waals surface area contributed by atoms with Gasteiger partial charge >= 0.3 is 0 Å². The Bertz CT molecular complexity index is 299. The first-order valence-electron chi connectivity index (χ1n) is 6.87. The summed E-state index contributed by atoms with van der Waals surface area (Å²) in [6, 6.07) is 0.215. The zero-order valence-corrected chi connectivity index (χ0v) is 11.4. The van der Waals surface area contributed by atoms with E-state index in [4.69, 9.17) is 10.9 Å². The van der Waals surface area contributed by atoms with Crippen LogP contribution in [-0.4, -0.2) is 23.0 Å². The van der Waals surface area contributed by atoms with Crippen molar-refractivity contribution in [3.63, 3.8) is 0 Å². The largest absolute Gasteiger partial charge is 0.409 e. The number of carbonyl (C=O) groups excluding carboxylic acids is 1. The summed E-state index contributed by atoms with van der Waals surface area (Å²) in [7, 11) is 0. The van der Waals surface area contributed by atoms with Crippen LogP contribution in [0.4, 0.5) is 0 Å². The Morgan fingerprint density at radius 1 is 1.44 bits per heavy atom. The molecule has 1 aliphatic rings. The van der Waals surface area contributed by atoms with Gasteiger partial charge in [0.25, 0.3) is 0 Å². The number of carbonyl (C=O) groups is 1. The topological polar surface area (TPSA) is 87.7 Å². The molecule has 0 aromatic rings. The van der Waals surface area contributed by atoms with Crippen molar-refractivity contribution in [2.45, 2.75) is 58.4 Å². The van der Waals surface area contributed by atoms with Gasteiger partial charge in [0.15, 0.2) is 5.84 Å². The summed E-state index contributed by atoms with van der Waals surface area (Å²) in [6.07, 6.45) is 7.13. The number of amides is 1. The first kappa shape index (κ1) is 14.8. The highest BCUT2D eigenvalue weighted by atomic mass is 16.4. The molecule has 0 bridgehead atoms. The fraction of sp³-hybridized carbons (Fsp3) is 0.846. The van der Waals surface area contributed by atoms with Crippen LogP contribution in [0.3, 0.4) is 0 Å². The van der Waals surface area contributed by atoms with E-state index >= 15 is 0 Å². The molecule has 0 aliphatic heterocycles. The van der Waals surface area contributed by atoms with Crippen molar-refractivity contribution < 1.29 is 10.0 Å². The van der Waals surface area contributed by atoms with Crippen molar-refractivity contribution in [1.82, 2.24) is 5.32 Å². The van der Waals surface area contributed by atoms with Crippen LogP contribution in [0.2, 0.25) is 0 Å². The maximum atomic E-state index is 12.0. The lowest BCUT2D eigenvalue weighted by atomic mass is 9.82. The van der Waals surface area contributed by atoms with E-state index < -0.39 is 5.92 Å². The molecule has 1 aliphatic carbocycles. The fourth-order valence-electron chi connectivity index (χ4n) is 2.62. The minimum atomic E-state index is -0.576. The molecular weight excluding hydrogens is 230 g/mol. The number of nitrogens with two attached hydrogens (primary N) is 1. The highest BCUT2D eigenvalue weighted by Crippen LogP contribution is 2.27. The second-order valence-corrected chi connectivity index (χ2v) is 5.17. The molecule has 2 atom stereocenters. The molecule has 104 valence electrons. The van der Waals surface area contributed by atoms with Crippen LogP contribution in [0.5, 0.6) is 0 Å². The molecule has 0 aromatic carbocycles. The second-order valence-electron chi connectivity index (χ2n) is 5.17. The number of rotatable bonds is 5. The zero-order valence-electron chi connectivity index (χ0n) is 11.4. The van der Waals surface area contributed by atoms with Gasteiger partial charge in [-0.05, 0) is 32.1 Å². The Kier molecular flexibility index (Phi) is 5.95. The Morgan fingerprint density at radius 2 is 2.06 bits per heavy atom. The van der Waals surface area contributed by atoms with Gasteiger partial charge in [0.05, 0.1) is 5.92 Å². The van der Waals surface area contributed by atoms with E-state index in [0.717, 1.165) is 6.42 Å². The number of oxime groups is 1. The smallest absolute Gasteiger partial charge is 0.230 e. The van der Waals surface area contributed by atoms with Crippen molar-refractivity contribution >= 4 is 11.7 Å². The number of nitrogens with one attached hydrogen (secondary N) is 1. The van der Waals surface area contributed by atoms with Crippen LogP contribution in [0, 0.1) is 11.8 Å². The molecule has 1 rings (SSSR count). The van der Waals surface area contributed by atoms with Crippen LogP contribution >= 0.6 is 0 Å². The van der Waals surface area contributed by atoms with Crippen molar-refractivity contribution in [3.8, 4) is 0 Å². The van der Waals surface area contributed by atoms with Crippen LogP contribution in [-0.2, 0) is 4.79 Å². The average Bonchev–Trinajstić information content (AvgIpc) is 2.43. The lowest BCUT2D eigenvalue weighted by Gasteiger charge is -2.31. The lowest BCUT2D eigenvalue weighted by Crippen LogP contribution is -2.45. The fourth-order valence-corrected chi connectivity index (χ4v) is 2.62. The third-order valence-corrected chi connectivity index (χ3v) is 3.94. The first-order valence-corrected chi connectivity index (χ1v) is 6.87. The second kappa shape index (κ2) is 7.24. The van der Waals surface area contributed by atoms with Crippen molar-refractivity contribution in [2.75, 3.05) is 0 Å². The molecular formula is C13H25N3O2. The minimum absolute atomic E-state index is 0.0361. The van der Waals surface area contributed by atoms with Gasteiger partial charge < -0.3 is 16.3 Å². The highest BCUT2D eigenvalue weighted by Gasteiger charge is 2.26. The summed E-state index contributed by atoms with van der Waals surface area (Å²) in [5.41, 5.74) is 5.45. The van der Waals surface area contributed by atoms with Gasteiger partial charge in [0, 0.05) is 6.04 Å². The van der Waals surface area contributed by atoms with E-state index in [1.165, 1.54) is 32.1 Å². The quantitative estimate of drug-likeness (QED) is 0.303. The molecule has 1 amide bonds. The number of nitrogens with zero attached hydrogens (tertiary/aromatic N) is 1. The number of amidine groups is 1. The molecule has 4 N–H and O–H groups in total. The van der Waals surface area contributed by atoms with E-state index in [1.54, 1.807) is 6.92 Å². The Balaban J connectivity index is 2.54. The van der Waals surface area contributed by atoms with Crippen molar-refractivity contribution in [3.05, 3.63) is 0 Å². The van der Waals surface area contributed by atoms with Gasteiger partial charge in [-0.1, -0.05) is 31.3 Å². The van der Waals surface area contributed by atoms with Gasteiger partial charge in [0.1, 0.15) is 0 Å². The van der Waals surface area contributed by atoms with E-state index in [0.29, 0.717) is 5.92 Å². The summed E-state index contributed by atoms with van der Waals surface area (Å²) in [4.78, 5) is 12.0. The van der Waals surface area contributed by atoms with Gasteiger partial charge in [-0.15, -0.1) is 0 Å².